The number of aliphatic hydroxyl groups is 1. The Balaban J connectivity index is 3.15. The van der Waals surface area contributed by atoms with Gasteiger partial charge in [-0.1, -0.05) is 6.08 Å². The van der Waals surface area contributed by atoms with E-state index in [-0.39, 0.29) is 6.61 Å². The van der Waals surface area contributed by atoms with E-state index in [4.69, 9.17) is 5.11 Å². The average molecular weight is 184 g/mol. The standard InChI is InChI=1S/C11H20O2/c1-2-3-4-5-8-11(13)9-6-7-10-12/h2,12H,1,3-10H2. The number of aliphatic hydroxyl groups excluding tert-OH is 1. The summed E-state index contributed by atoms with van der Waals surface area (Å²) in [5, 5.41) is 8.50. The predicted octanol–water partition coefficient (Wildman–Crippen LogP) is 2.46. The first kappa shape index (κ1) is 12.4. The molecule has 0 rings (SSSR count). The van der Waals surface area contributed by atoms with Crippen molar-refractivity contribution in [2.24, 2.45) is 0 Å². The Morgan fingerprint density at radius 1 is 1.15 bits per heavy atom. The second kappa shape index (κ2) is 9.46. The number of hydrogen-bond acceptors (Lipinski definition) is 2. The van der Waals surface area contributed by atoms with Crippen molar-refractivity contribution in [1.82, 2.24) is 0 Å². The van der Waals surface area contributed by atoms with E-state index in [9.17, 15) is 4.79 Å². The number of unbranched alkanes of at least 4 members (excludes halogenated alkanes) is 3. The fraction of sp³-hybridized carbons (Fsp3) is 0.727. The third-order valence-corrected chi connectivity index (χ3v) is 1.98. The molecule has 13 heavy (non-hydrogen) atoms. The number of ketones is 1. The fourth-order valence-corrected chi connectivity index (χ4v) is 1.17. The quantitative estimate of drug-likeness (QED) is 0.441. The predicted molar refractivity (Wildman–Crippen MR) is 54.6 cm³/mol. The van der Waals surface area contributed by atoms with Crippen LogP contribution >= 0.6 is 0 Å². The van der Waals surface area contributed by atoms with Gasteiger partial charge in [-0.3, -0.25) is 4.79 Å². The molecule has 0 aromatic carbocycles. The zero-order valence-corrected chi connectivity index (χ0v) is 8.30. The maximum atomic E-state index is 11.2. The molecule has 0 aromatic heterocycles. The van der Waals surface area contributed by atoms with E-state index < -0.39 is 0 Å². The molecule has 0 aliphatic rings. The molecule has 0 saturated carbocycles. The van der Waals surface area contributed by atoms with Gasteiger partial charge in [-0.25, -0.2) is 0 Å². The zero-order chi connectivity index (χ0) is 9.94. The topological polar surface area (TPSA) is 37.3 Å². The van der Waals surface area contributed by atoms with Crippen molar-refractivity contribution >= 4 is 5.78 Å². The second-order valence-electron chi connectivity index (χ2n) is 3.25. The van der Waals surface area contributed by atoms with Crippen molar-refractivity contribution < 1.29 is 9.90 Å². The van der Waals surface area contributed by atoms with Gasteiger partial charge in [0, 0.05) is 19.4 Å². The van der Waals surface area contributed by atoms with E-state index in [1.165, 1.54) is 0 Å². The molecule has 0 aliphatic heterocycles. The van der Waals surface area contributed by atoms with Gasteiger partial charge in [0.25, 0.3) is 0 Å². The Morgan fingerprint density at radius 2 is 1.77 bits per heavy atom. The molecule has 0 heterocycles. The third-order valence-electron chi connectivity index (χ3n) is 1.98. The fourth-order valence-electron chi connectivity index (χ4n) is 1.17. The Hall–Kier alpha value is -0.630. The van der Waals surface area contributed by atoms with Gasteiger partial charge >= 0.3 is 0 Å². The Labute approximate surface area is 80.7 Å². The lowest BCUT2D eigenvalue weighted by atomic mass is 10.1. The molecule has 0 fully saturated rings. The molecule has 2 nitrogen and oxygen atoms in total. The number of rotatable bonds is 9. The van der Waals surface area contributed by atoms with E-state index >= 15 is 0 Å². The Morgan fingerprint density at radius 3 is 2.31 bits per heavy atom. The van der Waals surface area contributed by atoms with E-state index in [0.29, 0.717) is 18.6 Å². The highest BCUT2D eigenvalue weighted by atomic mass is 16.2. The van der Waals surface area contributed by atoms with Crippen LogP contribution in [-0.2, 0) is 4.79 Å². The molecule has 0 atom stereocenters. The van der Waals surface area contributed by atoms with Gasteiger partial charge in [-0.2, -0.15) is 0 Å². The van der Waals surface area contributed by atoms with Crippen LogP contribution in [0.4, 0.5) is 0 Å². The minimum Gasteiger partial charge on any atom is -0.396 e. The third kappa shape index (κ3) is 9.28. The Bertz CT molecular complexity index is 141. The lowest BCUT2D eigenvalue weighted by Gasteiger charge is -1.99. The van der Waals surface area contributed by atoms with Gasteiger partial charge < -0.3 is 5.11 Å². The highest BCUT2D eigenvalue weighted by molar-refractivity contribution is 5.78. The molecule has 0 bridgehead atoms. The molecular formula is C11H20O2. The van der Waals surface area contributed by atoms with Crippen LogP contribution in [0.2, 0.25) is 0 Å². The number of allylic oxidation sites excluding steroid dienone is 1. The summed E-state index contributed by atoms with van der Waals surface area (Å²) < 4.78 is 0. The van der Waals surface area contributed by atoms with Crippen molar-refractivity contribution in [3.05, 3.63) is 12.7 Å². The summed E-state index contributed by atoms with van der Waals surface area (Å²) in [5.41, 5.74) is 0. The molecule has 2 heteroatoms. The first-order chi connectivity index (χ1) is 6.31. The summed E-state index contributed by atoms with van der Waals surface area (Å²) >= 11 is 0. The first-order valence-electron chi connectivity index (χ1n) is 5.04. The minimum atomic E-state index is 0.198. The van der Waals surface area contributed by atoms with Crippen LogP contribution in [0.25, 0.3) is 0 Å². The van der Waals surface area contributed by atoms with Gasteiger partial charge in [0.2, 0.25) is 0 Å². The summed E-state index contributed by atoms with van der Waals surface area (Å²) in [6.07, 6.45) is 7.84. The lowest BCUT2D eigenvalue weighted by Crippen LogP contribution is -1.98. The molecule has 0 unspecified atom stereocenters. The van der Waals surface area contributed by atoms with Crippen LogP contribution in [0.15, 0.2) is 12.7 Å². The van der Waals surface area contributed by atoms with Crippen molar-refractivity contribution in [3.63, 3.8) is 0 Å². The zero-order valence-electron chi connectivity index (χ0n) is 8.30. The van der Waals surface area contributed by atoms with Crippen molar-refractivity contribution in [2.45, 2.75) is 44.9 Å². The SMILES string of the molecule is C=CCCCCC(=O)CCCCO. The van der Waals surface area contributed by atoms with E-state index in [0.717, 1.165) is 32.1 Å². The summed E-state index contributed by atoms with van der Waals surface area (Å²) in [5.74, 6) is 0.331. The lowest BCUT2D eigenvalue weighted by molar-refractivity contribution is -0.119. The summed E-state index contributed by atoms with van der Waals surface area (Å²) in [6.45, 7) is 3.82. The maximum Gasteiger partial charge on any atom is 0.132 e. The van der Waals surface area contributed by atoms with Crippen LogP contribution in [0.3, 0.4) is 0 Å². The van der Waals surface area contributed by atoms with Gasteiger partial charge in [-0.15, -0.1) is 6.58 Å². The number of hydrogen-bond donors (Lipinski definition) is 1. The number of Topliss-reactive ketones (excluding diaryl/α,β-unsaturated/α-hetero) is 1. The molecule has 0 spiro atoms. The van der Waals surface area contributed by atoms with E-state index in [2.05, 4.69) is 6.58 Å². The maximum absolute atomic E-state index is 11.2. The van der Waals surface area contributed by atoms with Gasteiger partial charge in [0.05, 0.1) is 0 Å². The molecule has 0 aliphatic carbocycles. The summed E-state index contributed by atoms with van der Waals surface area (Å²) in [7, 11) is 0. The van der Waals surface area contributed by atoms with E-state index in [1.807, 2.05) is 6.08 Å². The minimum absolute atomic E-state index is 0.198. The Kier molecular flexibility index (Phi) is 9.00. The van der Waals surface area contributed by atoms with Gasteiger partial charge in [0.1, 0.15) is 5.78 Å². The summed E-state index contributed by atoms with van der Waals surface area (Å²) in [6, 6.07) is 0. The number of carbonyl (C=O) groups is 1. The van der Waals surface area contributed by atoms with Crippen LogP contribution in [0.5, 0.6) is 0 Å². The van der Waals surface area contributed by atoms with Crippen LogP contribution in [0, 0.1) is 0 Å². The molecule has 0 aromatic rings. The highest BCUT2D eigenvalue weighted by Crippen LogP contribution is 2.05. The largest absolute Gasteiger partial charge is 0.396 e. The smallest absolute Gasteiger partial charge is 0.132 e. The van der Waals surface area contributed by atoms with Crippen molar-refractivity contribution in [3.8, 4) is 0 Å². The number of carbonyl (C=O) groups excluding carboxylic acids is 1. The van der Waals surface area contributed by atoms with Crippen molar-refractivity contribution in [1.29, 1.82) is 0 Å². The highest BCUT2D eigenvalue weighted by Gasteiger charge is 2.00. The monoisotopic (exact) mass is 184 g/mol. The second-order valence-corrected chi connectivity index (χ2v) is 3.25. The molecule has 76 valence electrons. The normalized spacial score (nSPS) is 9.92. The molecule has 0 radical (unpaired) electrons. The van der Waals surface area contributed by atoms with E-state index in [1.54, 1.807) is 0 Å². The van der Waals surface area contributed by atoms with Crippen LogP contribution < -0.4 is 0 Å². The average Bonchev–Trinajstić information content (AvgIpc) is 2.13. The molecular weight excluding hydrogens is 164 g/mol. The first-order valence-corrected chi connectivity index (χ1v) is 5.04. The van der Waals surface area contributed by atoms with Crippen LogP contribution in [0.1, 0.15) is 44.9 Å². The molecule has 1 N–H and O–H groups in total. The summed E-state index contributed by atoms with van der Waals surface area (Å²) in [4.78, 5) is 11.2. The van der Waals surface area contributed by atoms with Crippen LogP contribution in [-0.4, -0.2) is 17.5 Å². The van der Waals surface area contributed by atoms with Gasteiger partial charge in [-0.05, 0) is 32.1 Å². The molecule has 0 amide bonds. The molecule has 0 saturated heterocycles. The van der Waals surface area contributed by atoms with Crippen molar-refractivity contribution in [2.75, 3.05) is 6.61 Å². The van der Waals surface area contributed by atoms with Gasteiger partial charge in [0.15, 0.2) is 0 Å².